The number of hydrogen-bond donors (Lipinski definition) is 0. The summed E-state index contributed by atoms with van der Waals surface area (Å²) in [6, 6.07) is 0. The third-order valence-electron chi connectivity index (χ3n) is 1.04. The highest BCUT2D eigenvalue weighted by atomic mass is 35.5. The van der Waals surface area contributed by atoms with Crippen molar-refractivity contribution in [3.8, 4) is 0 Å². The van der Waals surface area contributed by atoms with E-state index in [1.807, 2.05) is 0 Å². The zero-order valence-electron chi connectivity index (χ0n) is 5.72. The Kier molecular flexibility index (Phi) is 1.64. The van der Waals surface area contributed by atoms with Gasteiger partial charge in [0.2, 0.25) is 0 Å². The molecule has 1 saturated heterocycles. The summed E-state index contributed by atoms with van der Waals surface area (Å²) >= 11 is 5.40. The Hall–Kier alpha value is -1.03. The van der Waals surface area contributed by atoms with Crippen molar-refractivity contribution in [1.82, 2.24) is 0 Å². The lowest BCUT2D eigenvalue weighted by Crippen LogP contribution is -2.39. The molecular weight excluding hydrogens is 172 g/mol. The van der Waals surface area contributed by atoms with Crippen LogP contribution in [0, 0.1) is 0 Å². The second-order valence-corrected chi connectivity index (χ2v) is 2.78. The molecule has 0 bridgehead atoms. The number of hydrogen-bond acceptors (Lipinski definition) is 4. The maximum absolute atomic E-state index is 10.7. The fraction of sp³-hybridized carbons (Fsp3) is 0.333. The maximum atomic E-state index is 10.7. The minimum Gasteiger partial charge on any atom is -0.405 e. The SMILES string of the molecule is C=C1C(=O)OC(C)(Cl)OC1=O. The molecule has 0 aromatic heterocycles. The van der Waals surface area contributed by atoms with Gasteiger partial charge in [-0.3, -0.25) is 0 Å². The van der Waals surface area contributed by atoms with Crippen LogP contribution in [-0.2, 0) is 19.1 Å². The first-order valence-corrected chi connectivity index (χ1v) is 3.15. The van der Waals surface area contributed by atoms with Crippen LogP contribution in [0.4, 0.5) is 0 Å². The fourth-order valence-electron chi connectivity index (χ4n) is 0.559. The summed E-state index contributed by atoms with van der Waals surface area (Å²) < 4.78 is 8.88. The summed E-state index contributed by atoms with van der Waals surface area (Å²) in [7, 11) is 0. The maximum Gasteiger partial charge on any atom is 0.349 e. The number of halogens is 1. The average molecular weight is 177 g/mol. The standard InChI is InChI=1S/C6H5ClO4/c1-3-4(8)10-6(2,7)11-5(3)9/h1H2,2H3. The lowest BCUT2D eigenvalue weighted by atomic mass is 10.3. The largest absolute Gasteiger partial charge is 0.405 e. The van der Waals surface area contributed by atoms with Gasteiger partial charge >= 0.3 is 17.2 Å². The number of ether oxygens (including phenoxy) is 2. The molecule has 0 aromatic rings. The van der Waals surface area contributed by atoms with Gasteiger partial charge in [0.1, 0.15) is 5.57 Å². The molecule has 1 heterocycles. The van der Waals surface area contributed by atoms with Crippen LogP contribution < -0.4 is 0 Å². The lowest BCUT2D eigenvalue weighted by molar-refractivity contribution is -0.201. The molecule has 0 saturated carbocycles. The summed E-state index contributed by atoms with van der Waals surface area (Å²) in [6.07, 6.45) is 0. The lowest BCUT2D eigenvalue weighted by Gasteiger charge is -2.26. The Bertz CT molecular complexity index is 221. The number of rotatable bonds is 0. The molecular formula is C6H5ClO4. The summed E-state index contributed by atoms with van der Waals surface area (Å²) in [6.45, 7) is 4.38. The van der Waals surface area contributed by atoms with E-state index in [1.54, 1.807) is 0 Å². The van der Waals surface area contributed by atoms with Gasteiger partial charge < -0.3 is 9.47 Å². The summed E-state index contributed by atoms with van der Waals surface area (Å²) in [5.41, 5.74) is -0.344. The zero-order chi connectivity index (χ0) is 8.65. The highest BCUT2D eigenvalue weighted by Gasteiger charge is 2.39. The topological polar surface area (TPSA) is 52.6 Å². The molecule has 1 aliphatic rings. The quantitative estimate of drug-likeness (QED) is 0.234. The van der Waals surface area contributed by atoms with E-state index in [0.717, 1.165) is 0 Å². The van der Waals surface area contributed by atoms with E-state index in [1.165, 1.54) is 6.92 Å². The average Bonchev–Trinajstić information content (AvgIpc) is 1.81. The number of alkyl halides is 1. The fourth-order valence-corrected chi connectivity index (χ4v) is 0.699. The monoisotopic (exact) mass is 176 g/mol. The molecule has 0 radical (unpaired) electrons. The first-order chi connectivity index (χ1) is 4.92. The van der Waals surface area contributed by atoms with Crippen molar-refractivity contribution in [2.75, 3.05) is 0 Å². The molecule has 11 heavy (non-hydrogen) atoms. The van der Waals surface area contributed by atoms with Gasteiger partial charge in [0.05, 0.1) is 0 Å². The molecule has 0 amide bonds. The second kappa shape index (κ2) is 2.23. The molecule has 0 atom stereocenters. The van der Waals surface area contributed by atoms with Gasteiger partial charge in [-0.05, 0) is 11.6 Å². The predicted molar refractivity (Wildman–Crippen MR) is 35.6 cm³/mol. The molecule has 5 heteroatoms. The van der Waals surface area contributed by atoms with E-state index in [9.17, 15) is 9.59 Å². The molecule has 60 valence electrons. The molecule has 0 aliphatic carbocycles. The van der Waals surface area contributed by atoms with Crippen LogP contribution in [0.5, 0.6) is 0 Å². The van der Waals surface area contributed by atoms with Crippen LogP contribution in [-0.4, -0.2) is 17.2 Å². The summed E-state index contributed by atoms with van der Waals surface area (Å²) in [5, 5.41) is -1.69. The number of carbonyl (C=O) groups is 2. The van der Waals surface area contributed by atoms with E-state index in [2.05, 4.69) is 16.1 Å². The van der Waals surface area contributed by atoms with E-state index in [0.29, 0.717) is 0 Å². The van der Waals surface area contributed by atoms with Gasteiger partial charge in [-0.25, -0.2) is 9.59 Å². The van der Waals surface area contributed by atoms with Gasteiger partial charge in [-0.15, -0.1) is 0 Å². The first kappa shape index (κ1) is 8.07. The third kappa shape index (κ3) is 1.51. The number of cyclic esters (lactones) is 2. The first-order valence-electron chi connectivity index (χ1n) is 2.77. The van der Waals surface area contributed by atoms with Gasteiger partial charge in [0.25, 0.3) is 0 Å². The van der Waals surface area contributed by atoms with Gasteiger partial charge in [-0.2, -0.15) is 0 Å². The zero-order valence-corrected chi connectivity index (χ0v) is 6.47. The van der Waals surface area contributed by atoms with Crippen LogP contribution in [0.2, 0.25) is 0 Å². The van der Waals surface area contributed by atoms with Crippen molar-refractivity contribution in [2.45, 2.75) is 12.2 Å². The molecule has 4 nitrogen and oxygen atoms in total. The minimum absolute atomic E-state index is 0.344. The normalized spacial score (nSPS) is 22.5. The Balaban J connectivity index is 2.87. The Morgan fingerprint density at radius 2 is 1.73 bits per heavy atom. The van der Waals surface area contributed by atoms with Crippen molar-refractivity contribution in [3.05, 3.63) is 12.2 Å². The van der Waals surface area contributed by atoms with E-state index in [4.69, 9.17) is 11.6 Å². The Morgan fingerprint density at radius 3 is 2.09 bits per heavy atom. The van der Waals surface area contributed by atoms with E-state index in [-0.39, 0.29) is 5.57 Å². The van der Waals surface area contributed by atoms with Crippen molar-refractivity contribution in [2.24, 2.45) is 0 Å². The van der Waals surface area contributed by atoms with Gasteiger partial charge in [-0.1, -0.05) is 6.58 Å². The van der Waals surface area contributed by atoms with Crippen LogP contribution >= 0.6 is 11.6 Å². The van der Waals surface area contributed by atoms with Crippen molar-refractivity contribution in [3.63, 3.8) is 0 Å². The molecule has 0 unspecified atom stereocenters. The molecule has 1 rings (SSSR count). The summed E-state index contributed by atoms with van der Waals surface area (Å²) in [4.78, 5) is 21.4. The molecule has 0 aromatic carbocycles. The smallest absolute Gasteiger partial charge is 0.349 e. The van der Waals surface area contributed by atoms with E-state index < -0.39 is 17.2 Å². The molecule has 0 N–H and O–H groups in total. The van der Waals surface area contributed by atoms with Crippen molar-refractivity contribution < 1.29 is 19.1 Å². The van der Waals surface area contributed by atoms with Crippen molar-refractivity contribution >= 4 is 23.5 Å². The second-order valence-electron chi connectivity index (χ2n) is 2.09. The van der Waals surface area contributed by atoms with E-state index >= 15 is 0 Å². The number of esters is 2. The number of carbonyl (C=O) groups excluding carboxylic acids is 2. The molecule has 1 aliphatic heterocycles. The van der Waals surface area contributed by atoms with Crippen LogP contribution in [0.3, 0.4) is 0 Å². The molecule has 1 fully saturated rings. The van der Waals surface area contributed by atoms with Crippen LogP contribution in [0.15, 0.2) is 12.2 Å². The van der Waals surface area contributed by atoms with Gasteiger partial charge in [0.15, 0.2) is 0 Å². The third-order valence-corrected chi connectivity index (χ3v) is 1.20. The highest BCUT2D eigenvalue weighted by Crippen LogP contribution is 2.25. The Labute approximate surface area is 67.7 Å². The molecule has 0 spiro atoms. The van der Waals surface area contributed by atoms with Crippen LogP contribution in [0.25, 0.3) is 0 Å². The minimum atomic E-state index is -1.69. The summed E-state index contributed by atoms with van der Waals surface area (Å²) in [5.74, 6) is -1.70. The highest BCUT2D eigenvalue weighted by molar-refractivity contribution is 6.26. The van der Waals surface area contributed by atoms with Gasteiger partial charge in [0, 0.05) is 6.92 Å². The Morgan fingerprint density at radius 1 is 1.36 bits per heavy atom. The van der Waals surface area contributed by atoms with Crippen molar-refractivity contribution in [1.29, 1.82) is 0 Å². The van der Waals surface area contributed by atoms with Crippen LogP contribution in [0.1, 0.15) is 6.92 Å². The predicted octanol–water partition coefficient (Wildman–Crippen LogP) is 0.555.